The zero-order valence-corrected chi connectivity index (χ0v) is 13.5. The number of benzene rings is 2. The van der Waals surface area contributed by atoms with Crippen molar-refractivity contribution in [1.82, 2.24) is 5.32 Å². The number of aliphatic hydroxyl groups is 1. The second-order valence-corrected chi connectivity index (χ2v) is 5.64. The summed E-state index contributed by atoms with van der Waals surface area (Å²) in [7, 11) is 0. The van der Waals surface area contributed by atoms with E-state index in [2.05, 4.69) is 5.32 Å². The standard InChI is InChI=1S/C18H16F5NO2/c19-12-6-7-15(20)11(9-12)5-8-17(26)24-10-16(25)13-3-1-2-4-14(13)18(21,22)23/h1-4,6-7,9,16,25H,5,8,10H2,(H,24,26). The fourth-order valence-corrected chi connectivity index (χ4v) is 2.44. The Kier molecular flexibility index (Phi) is 6.31. The topological polar surface area (TPSA) is 49.3 Å². The van der Waals surface area contributed by atoms with E-state index in [1.165, 1.54) is 12.1 Å². The summed E-state index contributed by atoms with van der Waals surface area (Å²) in [6.45, 7) is -0.433. The van der Waals surface area contributed by atoms with Crippen LogP contribution in [-0.2, 0) is 17.4 Å². The fourth-order valence-electron chi connectivity index (χ4n) is 2.44. The summed E-state index contributed by atoms with van der Waals surface area (Å²) in [6.07, 6.45) is -6.46. The minimum absolute atomic E-state index is 0.0168. The Morgan fingerprint density at radius 2 is 1.81 bits per heavy atom. The quantitative estimate of drug-likeness (QED) is 0.758. The smallest absolute Gasteiger partial charge is 0.387 e. The number of hydrogen-bond acceptors (Lipinski definition) is 2. The van der Waals surface area contributed by atoms with Gasteiger partial charge in [0.05, 0.1) is 11.7 Å². The molecule has 2 aromatic carbocycles. The molecule has 0 aliphatic heterocycles. The molecule has 1 amide bonds. The third-order valence-electron chi connectivity index (χ3n) is 3.75. The van der Waals surface area contributed by atoms with Gasteiger partial charge in [-0.15, -0.1) is 0 Å². The molecule has 140 valence electrons. The molecule has 1 atom stereocenters. The lowest BCUT2D eigenvalue weighted by atomic mass is 10.0. The number of hydrogen-bond donors (Lipinski definition) is 2. The predicted octanol–water partition coefficient (Wildman–Crippen LogP) is 3.77. The normalized spacial score (nSPS) is 12.7. The SMILES string of the molecule is O=C(CCc1cc(F)ccc1F)NCC(O)c1ccccc1C(F)(F)F. The maximum absolute atomic E-state index is 13.5. The molecule has 26 heavy (non-hydrogen) atoms. The van der Waals surface area contributed by atoms with Gasteiger partial charge in [-0.05, 0) is 41.8 Å². The Balaban J connectivity index is 1.92. The van der Waals surface area contributed by atoms with Crippen molar-refractivity contribution in [2.75, 3.05) is 6.54 Å². The van der Waals surface area contributed by atoms with Gasteiger partial charge in [-0.2, -0.15) is 13.2 Å². The summed E-state index contributed by atoms with van der Waals surface area (Å²) in [5.74, 6) is -1.89. The number of rotatable bonds is 6. The average molecular weight is 373 g/mol. The molecule has 0 spiro atoms. The van der Waals surface area contributed by atoms with Gasteiger partial charge in [0.2, 0.25) is 5.91 Å². The van der Waals surface area contributed by atoms with Crippen LogP contribution >= 0.6 is 0 Å². The molecular formula is C18H16F5NO2. The number of alkyl halides is 3. The lowest BCUT2D eigenvalue weighted by Gasteiger charge is -2.18. The van der Waals surface area contributed by atoms with Crippen molar-refractivity contribution >= 4 is 5.91 Å². The van der Waals surface area contributed by atoms with Gasteiger partial charge in [0.25, 0.3) is 0 Å². The van der Waals surface area contributed by atoms with Crippen molar-refractivity contribution < 1.29 is 31.9 Å². The Morgan fingerprint density at radius 3 is 2.50 bits per heavy atom. The van der Waals surface area contributed by atoms with Crippen LogP contribution in [0.1, 0.15) is 29.2 Å². The number of amides is 1. The van der Waals surface area contributed by atoms with Crippen molar-refractivity contribution in [2.45, 2.75) is 25.1 Å². The van der Waals surface area contributed by atoms with Crippen LogP contribution in [0.2, 0.25) is 0 Å². The number of halogens is 5. The highest BCUT2D eigenvalue weighted by Crippen LogP contribution is 2.34. The van der Waals surface area contributed by atoms with Crippen LogP contribution in [0.15, 0.2) is 42.5 Å². The van der Waals surface area contributed by atoms with Crippen LogP contribution in [0.25, 0.3) is 0 Å². The number of aryl methyl sites for hydroxylation is 1. The van der Waals surface area contributed by atoms with Gasteiger partial charge in [-0.25, -0.2) is 8.78 Å². The van der Waals surface area contributed by atoms with Gasteiger partial charge < -0.3 is 10.4 Å². The molecule has 0 saturated carbocycles. The molecule has 8 heteroatoms. The summed E-state index contributed by atoms with van der Waals surface area (Å²) >= 11 is 0. The molecule has 0 saturated heterocycles. The van der Waals surface area contributed by atoms with E-state index >= 15 is 0 Å². The summed E-state index contributed by atoms with van der Waals surface area (Å²) in [5.41, 5.74) is -1.32. The maximum atomic E-state index is 13.5. The van der Waals surface area contributed by atoms with Crippen molar-refractivity contribution in [3.05, 3.63) is 70.8 Å². The van der Waals surface area contributed by atoms with Crippen LogP contribution in [-0.4, -0.2) is 17.6 Å². The Morgan fingerprint density at radius 1 is 1.12 bits per heavy atom. The first kappa shape index (κ1) is 19.8. The van der Waals surface area contributed by atoms with Gasteiger partial charge in [-0.1, -0.05) is 18.2 Å². The molecule has 3 nitrogen and oxygen atoms in total. The number of aliphatic hydroxyl groups excluding tert-OH is 1. The number of carbonyl (C=O) groups is 1. The Hall–Kier alpha value is -2.48. The first-order chi connectivity index (χ1) is 12.2. The highest BCUT2D eigenvalue weighted by Gasteiger charge is 2.34. The van der Waals surface area contributed by atoms with Crippen molar-refractivity contribution in [3.8, 4) is 0 Å². The van der Waals surface area contributed by atoms with Crippen molar-refractivity contribution in [1.29, 1.82) is 0 Å². The largest absolute Gasteiger partial charge is 0.416 e. The van der Waals surface area contributed by atoms with E-state index in [1.807, 2.05) is 0 Å². The van der Waals surface area contributed by atoms with Gasteiger partial charge in [0.15, 0.2) is 0 Å². The maximum Gasteiger partial charge on any atom is 0.416 e. The molecule has 2 N–H and O–H groups in total. The zero-order valence-electron chi connectivity index (χ0n) is 13.5. The third-order valence-corrected chi connectivity index (χ3v) is 3.75. The van der Waals surface area contributed by atoms with Crippen LogP contribution in [0.4, 0.5) is 22.0 Å². The van der Waals surface area contributed by atoms with Gasteiger partial charge >= 0.3 is 6.18 Å². The zero-order chi connectivity index (χ0) is 19.3. The first-order valence-electron chi connectivity index (χ1n) is 7.73. The molecule has 2 rings (SSSR count). The van der Waals surface area contributed by atoms with E-state index in [1.54, 1.807) is 0 Å². The van der Waals surface area contributed by atoms with Gasteiger partial charge in [0.1, 0.15) is 11.6 Å². The molecule has 0 bridgehead atoms. The molecular weight excluding hydrogens is 357 g/mol. The highest BCUT2D eigenvalue weighted by molar-refractivity contribution is 5.76. The van der Waals surface area contributed by atoms with E-state index < -0.39 is 41.9 Å². The molecule has 0 radical (unpaired) electrons. The fraction of sp³-hybridized carbons (Fsp3) is 0.278. The third kappa shape index (κ3) is 5.26. The second kappa shape index (κ2) is 8.27. The van der Waals surface area contributed by atoms with Crippen LogP contribution in [0.3, 0.4) is 0 Å². The molecule has 0 fully saturated rings. The molecule has 0 aromatic heterocycles. The van der Waals surface area contributed by atoms with Crippen molar-refractivity contribution in [2.24, 2.45) is 0 Å². The Labute approximate surface area is 146 Å². The van der Waals surface area contributed by atoms with E-state index in [-0.39, 0.29) is 24.0 Å². The van der Waals surface area contributed by atoms with E-state index in [0.717, 1.165) is 30.3 Å². The van der Waals surface area contributed by atoms with Gasteiger partial charge in [-0.3, -0.25) is 4.79 Å². The lowest BCUT2D eigenvalue weighted by Crippen LogP contribution is -2.29. The molecule has 2 aromatic rings. The van der Waals surface area contributed by atoms with Crippen LogP contribution < -0.4 is 5.32 Å². The monoisotopic (exact) mass is 373 g/mol. The predicted molar refractivity (Wildman–Crippen MR) is 84.1 cm³/mol. The van der Waals surface area contributed by atoms with E-state index in [4.69, 9.17) is 0 Å². The number of carbonyl (C=O) groups excluding carboxylic acids is 1. The summed E-state index contributed by atoms with van der Waals surface area (Å²) in [4.78, 5) is 11.8. The second-order valence-electron chi connectivity index (χ2n) is 5.64. The number of nitrogens with one attached hydrogen (secondary N) is 1. The summed E-state index contributed by atoms with van der Waals surface area (Å²) in [6, 6.07) is 7.38. The van der Waals surface area contributed by atoms with Gasteiger partial charge in [0, 0.05) is 13.0 Å². The molecule has 0 heterocycles. The van der Waals surface area contributed by atoms with E-state index in [0.29, 0.717) is 0 Å². The van der Waals surface area contributed by atoms with Crippen molar-refractivity contribution in [3.63, 3.8) is 0 Å². The highest BCUT2D eigenvalue weighted by atomic mass is 19.4. The lowest BCUT2D eigenvalue weighted by molar-refractivity contribution is -0.139. The molecule has 0 aliphatic carbocycles. The molecule has 0 aliphatic rings. The molecule has 1 unspecified atom stereocenters. The van der Waals surface area contributed by atoms with Crippen LogP contribution in [0, 0.1) is 11.6 Å². The Bertz CT molecular complexity index is 776. The minimum Gasteiger partial charge on any atom is -0.387 e. The van der Waals surface area contributed by atoms with E-state index in [9.17, 15) is 31.9 Å². The first-order valence-corrected chi connectivity index (χ1v) is 7.73. The minimum atomic E-state index is -4.63. The summed E-state index contributed by atoms with van der Waals surface area (Å²) < 4.78 is 65.3. The summed E-state index contributed by atoms with van der Waals surface area (Å²) in [5, 5.41) is 12.2. The average Bonchev–Trinajstić information content (AvgIpc) is 2.59. The van der Waals surface area contributed by atoms with Crippen LogP contribution in [0.5, 0.6) is 0 Å².